The van der Waals surface area contributed by atoms with E-state index >= 15 is 0 Å². The molecule has 1 heteroatoms. The van der Waals surface area contributed by atoms with Gasteiger partial charge in [0.05, 0.1) is 12.9 Å². The first-order valence-electron chi connectivity index (χ1n) is 7.94. The van der Waals surface area contributed by atoms with E-state index in [1.165, 1.54) is 55.2 Å². The maximum atomic E-state index is 5.76. The molecule has 108 valence electrons. The Balaban J connectivity index is 1.77. The fourth-order valence-corrected chi connectivity index (χ4v) is 2.62. The highest BCUT2D eigenvalue weighted by Gasteiger charge is 2.13. The summed E-state index contributed by atoms with van der Waals surface area (Å²) >= 11 is 0. The zero-order valence-corrected chi connectivity index (χ0v) is 12.6. The van der Waals surface area contributed by atoms with Crippen molar-refractivity contribution in [3.05, 3.63) is 59.4 Å². The molecular formula is C19H26O. The van der Waals surface area contributed by atoms with Crippen LogP contribution in [-0.4, -0.2) is 6.61 Å². The third-order valence-electron chi connectivity index (χ3n) is 3.83. The lowest BCUT2D eigenvalue weighted by atomic mass is 10.1. The van der Waals surface area contributed by atoms with Crippen LogP contribution in [0, 0.1) is 0 Å². The van der Waals surface area contributed by atoms with Gasteiger partial charge in [0, 0.05) is 6.42 Å². The van der Waals surface area contributed by atoms with Gasteiger partial charge >= 0.3 is 0 Å². The van der Waals surface area contributed by atoms with Gasteiger partial charge in [-0.3, -0.25) is 0 Å². The zero-order valence-electron chi connectivity index (χ0n) is 12.6. The molecule has 1 saturated carbocycles. The van der Waals surface area contributed by atoms with Gasteiger partial charge in [0.2, 0.25) is 0 Å². The molecule has 1 aromatic rings. The predicted octanol–water partition coefficient (Wildman–Crippen LogP) is 5.43. The maximum Gasteiger partial charge on any atom is 0.0913 e. The van der Waals surface area contributed by atoms with E-state index in [0.717, 1.165) is 13.0 Å². The Labute approximate surface area is 123 Å². The lowest BCUT2D eigenvalue weighted by Crippen LogP contribution is -1.94. The second kappa shape index (κ2) is 8.63. The fraction of sp³-hybridized carbons (Fsp3) is 0.474. The van der Waals surface area contributed by atoms with Crippen LogP contribution in [0.15, 0.2) is 53.8 Å². The van der Waals surface area contributed by atoms with E-state index in [2.05, 4.69) is 43.3 Å². The van der Waals surface area contributed by atoms with Crippen LogP contribution in [0.3, 0.4) is 0 Å². The molecule has 0 bridgehead atoms. The molecule has 1 aliphatic carbocycles. The van der Waals surface area contributed by atoms with E-state index < -0.39 is 0 Å². The first kappa shape index (κ1) is 14.9. The highest BCUT2D eigenvalue weighted by molar-refractivity contribution is 5.33. The Morgan fingerprint density at radius 3 is 2.70 bits per heavy atom. The van der Waals surface area contributed by atoms with E-state index in [9.17, 15) is 0 Å². The Hall–Kier alpha value is -1.50. The highest BCUT2D eigenvalue weighted by Crippen LogP contribution is 2.30. The SMILES string of the molecule is CCCCC=C1CCCC1=COCCc1ccccc1. The molecule has 0 N–H and O–H groups in total. The van der Waals surface area contributed by atoms with Crippen LogP contribution >= 0.6 is 0 Å². The quantitative estimate of drug-likeness (QED) is 0.474. The fourth-order valence-electron chi connectivity index (χ4n) is 2.62. The van der Waals surface area contributed by atoms with Crippen LogP contribution in [0.2, 0.25) is 0 Å². The Morgan fingerprint density at radius 1 is 1.10 bits per heavy atom. The van der Waals surface area contributed by atoms with Crippen molar-refractivity contribution in [3.8, 4) is 0 Å². The molecule has 0 radical (unpaired) electrons. The summed E-state index contributed by atoms with van der Waals surface area (Å²) in [6, 6.07) is 10.5. The summed E-state index contributed by atoms with van der Waals surface area (Å²) in [5, 5.41) is 0. The second-order valence-corrected chi connectivity index (χ2v) is 5.47. The van der Waals surface area contributed by atoms with Gasteiger partial charge in [0.15, 0.2) is 0 Å². The summed E-state index contributed by atoms with van der Waals surface area (Å²) in [6.45, 7) is 3.02. The smallest absolute Gasteiger partial charge is 0.0913 e. The van der Waals surface area contributed by atoms with Gasteiger partial charge in [-0.25, -0.2) is 0 Å². The first-order chi connectivity index (χ1) is 9.90. The third-order valence-corrected chi connectivity index (χ3v) is 3.83. The first-order valence-corrected chi connectivity index (χ1v) is 7.94. The summed E-state index contributed by atoms with van der Waals surface area (Å²) < 4.78 is 5.76. The average molecular weight is 270 g/mol. The molecule has 0 saturated heterocycles. The molecule has 1 fully saturated rings. The van der Waals surface area contributed by atoms with Crippen LogP contribution in [0.4, 0.5) is 0 Å². The standard InChI is InChI=1S/C19H26O/c1-2-3-5-11-18-12-8-13-19(18)16-20-15-14-17-9-6-4-7-10-17/h4,6-7,9-11,16H,2-3,5,8,12-15H2,1H3. The number of benzene rings is 1. The molecule has 0 unspecified atom stereocenters. The summed E-state index contributed by atoms with van der Waals surface area (Å²) in [4.78, 5) is 0. The minimum absolute atomic E-state index is 0.774. The van der Waals surface area contributed by atoms with Gasteiger partial charge in [-0.05, 0) is 42.4 Å². The van der Waals surface area contributed by atoms with E-state index in [-0.39, 0.29) is 0 Å². The number of ether oxygens (including phenoxy) is 1. The van der Waals surface area contributed by atoms with Crippen molar-refractivity contribution in [3.63, 3.8) is 0 Å². The lowest BCUT2D eigenvalue weighted by Gasteiger charge is -2.05. The molecule has 0 spiro atoms. The normalized spacial score (nSPS) is 18.9. The molecule has 0 heterocycles. The van der Waals surface area contributed by atoms with E-state index in [0.29, 0.717) is 0 Å². The van der Waals surface area contributed by atoms with E-state index in [1.54, 1.807) is 0 Å². The minimum Gasteiger partial charge on any atom is -0.501 e. The third kappa shape index (κ3) is 4.88. The van der Waals surface area contributed by atoms with Crippen molar-refractivity contribution in [2.24, 2.45) is 0 Å². The van der Waals surface area contributed by atoms with Gasteiger partial charge in [-0.15, -0.1) is 0 Å². The van der Waals surface area contributed by atoms with Crippen molar-refractivity contribution < 1.29 is 4.74 Å². The highest BCUT2D eigenvalue weighted by atomic mass is 16.5. The Bertz CT molecular complexity index is 442. The summed E-state index contributed by atoms with van der Waals surface area (Å²) in [5.41, 5.74) is 4.29. The summed E-state index contributed by atoms with van der Waals surface area (Å²) in [7, 11) is 0. The molecule has 1 nitrogen and oxygen atoms in total. The number of rotatable bonds is 7. The molecule has 0 amide bonds. The van der Waals surface area contributed by atoms with Gasteiger partial charge in [-0.1, -0.05) is 56.2 Å². The molecule has 0 aliphatic heterocycles. The van der Waals surface area contributed by atoms with E-state index in [1.807, 2.05) is 6.26 Å². The van der Waals surface area contributed by atoms with Crippen molar-refractivity contribution in [1.29, 1.82) is 0 Å². The molecule has 0 atom stereocenters. The van der Waals surface area contributed by atoms with Crippen LogP contribution in [0.25, 0.3) is 0 Å². The van der Waals surface area contributed by atoms with Crippen molar-refractivity contribution in [2.75, 3.05) is 6.61 Å². The largest absolute Gasteiger partial charge is 0.501 e. The summed E-state index contributed by atoms with van der Waals surface area (Å²) in [5.74, 6) is 0. The van der Waals surface area contributed by atoms with Gasteiger partial charge < -0.3 is 4.74 Å². The number of allylic oxidation sites excluding steroid dienone is 3. The van der Waals surface area contributed by atoms with Gasteiger partial charge in [0.25, 0.3) is 0 Å². The number of hydrogen-bond acceptors (Lipinski definition) is 1. The van der Waals surface area contributed by atoms with Gasteiger partial charge in [0.1, 0.15) is 0 Å². The molecular weight excluding hydrogens is 244 g/mol. The predicted molar refractivity (Wildman–Crippen MR) is 85.6 cm³/mol. The second-order valence-electron chi connectivity index (χ2n) is 5.47. The molecule has 2 rings (SSSR count). The topological polar surface area (TPSA) is 9.23 Å². The van der Waals surface area contributed by atoms with Crippen molar-refractivity contribution in [2.45, 2.75) is 51.9 Å². The van der Waals surface area contributed by atoms with Crippen molar-refractivity contribution in [1.82, 2.24) is 0 Å². The average Bonchev–Trinajstić information content (AvgIpc) is 2.93. The monoisotopic (exact) mass is 270 g/mol. The van der Waals surface area contributed by atoms with Crippen LogP contribution in [0.5, 0.6) is 0 Å². The van der Waals surface area contributed by atoms with E-state index in [4.69, 9.17) is 4.74 Å². The minimum atomic E-state index is 0.774. The number of unbranched alkanes of at least 4 members (excludes halogenated alkanes) is 2. The number of hydrogen-bond donors (Lipinski definition) is 0. The molecule has 0 aromatic heterocycles. The zero-order chi connectivity index (χ0) is 14.0. The lowest BCUT2D eigenvalue weighted by molar-refractivity contribution is 0.251. The molecule has 20 heavy (non-hydrogen) atoms. The van der Waals surface area contributed by atoms with Gasteiger partial charge in [-0.2, -0.15) is 0 Å². The van der Waals surface area contributed by atoms with Crippen LogP contribution in [0.1, 0.15) is 51.0 Å². The van der Waals surface area contributed by atoms with Crippen LogP contribution in [-0.2, 0) is 11.2 Å². The van der Waals surface area contributed by atoms with Crippen LogP contribution < -0.4 is 0 Å². The Morgan fingerprint density at radius 2 is 1.90 bits per heavy atom. The maximum absolute atomic E-state index is 5.76. The summed E-state index contributed by atoms with van der Waals surface area (Å²) in [6.07, 6.45) is 12.9. The molecule has 1 aliphatic rings. The Kier molecular flexibility index (Phi) is 6.43. The molecule has 1 aromatic carbocycles. The van der Waals surface area contributed by atoms with Crippen molar-refractivity contribution >= 4 is 0 Å².